The Morgan fingerprint density at radius 3 is 3.16 bits per heavy atom. The Balaban J connectivity index is 2.22. The first-order chi connectivity index (χ1) is 9.17. The molecule has 2 rings (SSSR count). The number of aliphatic hydroxyl groups is 1. The number of nitrogens with zero attached hydrogens (tertiary/aromatic N) is 2. The van der Waals surface area contributed by atoms with Crippen LogP contribution in [0, 0.1) is 5.92 Å². The molecule has 7 heteroatoms. The number of aliphatic hydroxyl groups excluding tert-OH is 1. The summed E-state index contributed by atoms with van der Waals surface area (Å²) >= 11 is 1.22. The Kier molecular flexibility index (Phi) is 4.60. The van der Waals surface area contributed by atoms with Crippen molar-refractivity contribution in [3.8, 4) is 0 Å². The summed E-state index contributed by atoms with van der Waals surface area (Å²) in [6.45, 7) is 3.82. The molecular weight excluding hydrogens is 266 g/mol. The largest absolute Gasteiger partial charge is 0.462 e. The normalized spacial score (nSPS) is 19.5. The van der Waals surface area contributed by atoms with Gasteiger partial charge in [-0.25, -0.2) is 4.79 Å². The number of ether oxygens (including phenoxy) is 1. The average molecular weight is 285 g/mol. The Hall–Kier alpha value is -1.34. The van der Waals surface area contributed by atoms with Crippen LogP contribution in [0.2, 0.25) is 0 Å². The molecule has 0 amide bonds. The number of hydrogen-bond donors (Lipinski definition) is 2. The number of nitrogen functional groups attached to an aromatic ring is 1. The molecule has 1 fully saturated rings. The van der Waals surface area contributed by atoms with Crippen molar-refractivity contribution < 1.29 is 14.6 Å². The minimum absolute atomic E-state index is 0.166. The van der Waals surface area contributed by atoms with Gasteiger partial charge in [-0.2, -0.15) is 4.37 Å². The highest BCUT2D eigenvalue weighted by atomic mass is 32.1. The number of anilines is 2. The first kappa shape index (κ1) is 14.1. The molecule has 0 radical (unpaired) electrons. The van der Waals surface area contributed by atoms with E-state index in [4.69, 9.17) is 10.5 Å². The van der Waals surface area contributed by atoms with Crippen molar-refractivity contribution in [3.05, 3.63) is 5.56 Å². The van der Waals surface area contributed by atoms with Gasteiger partial charge in [-0.05, 0) is 37.2 Å². The Morgan fingerprint density at radius 2 is 2.47 bits per heavy atom. The van der Waals surface area contributed by atoms with E-state index in [-0.39, 0.29) is 18.3 Å². The molecule has 3 N–H and O–H groups in total. The molecule has 1 unspecified atom stereocenters. The number of piperidine rings is 1. The lowest BCUT2D eigenvalue weighted by Crippen LogP contribution is -2.37. The van der Waals surface area contributed by atoms with Crippen LogP contribution < -0.4 is 10.6 Å². The van der Waals surface area contributed by atoms with Crippen molar-refractivity contribution >= 4 is 28.3 Å². The van der Waals surface area contributed by atoms with Gasteiger partial charge in [-0.15, -0.1) is 0 Å². The van der Waals surface area contributed by atoms with Crippen LogP contribution in [0.15, 0.2) is 0 Å². The molecule has 1 aromatic rings. The number of carbonyl (C=O) groups is 1. The highest BCUT2D eigenvalue weighted by molar-refractivity contribution is 7.11. The zero-order chi connectivity index (χ0) is 13.8. The second-order valence-corrected chi connectivity index (χ2v) is 5.36. The highest BCUT2D eigenvalue weighted by Crippen LogP contribution is 2.34. The van der Waals surface area contributed by atoms with Crippen molar-refractivity contribution in [2.24, 2.45) is 5.92 Å². The van der Waals surface area contributed by atoms with Gasteiger partial charge >= 0.3 is 5.97 Å². The lowest BCUT2D eigenvalue weighted by Gasteiger charge is -2.32. The molecule has 1 aliphatic rings. The molecule has 0 aromatic carbocycles. The maximum atomic E-state index is 11.9. The van der Waals surface area contributed by atoms with Crippen LogP contribution in [-0.2, 0) is 4.74 Å². The van der Waals surface area contributed by atoms with Crippen LogP contribution in [0.3, 0.4) is 0 Å². The van der Waals surface area contributed by atoms with Crippen molar-refractivity contribution in [2.75, 3.05) is 36.9 Å². The van der Waals surface area contributed by atoms with Crippen LogP contribution in [0.1, 0.15) is 30.1 Å². The third kappa shape index (κ3) is 2.98. The van der Waals surface area contributed by atoms with Gasteiger partial charge in [0.15, 0.2) is 5.82 Å². The molecule has 0 spiro atoms. The van der Waals surface area contributed by atoms with Crippen LogP contribution in [0.5, 0.6) is 0 Å². The topological polar surface area (TPSA) is 88.7 Å². The van der Waals surface area contributed by atoms with E-state index in [9.17, 15) is 9.90 Å². The first-order valence-electron chi connectivity index (χ1n) is 6.45. The molecule has 6 nitrogen and oxygen atoms in total. The number of aromatic nitrogens is 1. The van der Waals surface area contributed by atoms with Crippen LogP contribution >= 0.6 is 11.5 Å². The van der Waals surface area contributed by atoms with Crippen molar-refractivity contribution in [3.63, 3.8) is 0 Å². The van der Waals surface area contributed by atoms with E-state index < -0.39 is 5.97 Å². The first-order valence-corrected chi connectivity index (χ1v) is 7.22. The number of rotatable bonds is 4. The van der Waals surface area contributed by atoms with Gasteiger partial charge < -0.3 is 20.5 Å². The minimum atomic E-state index is -0.421. The summed E-state index contributed by atoms with van der Waals surface area (Å²) in [5, 5.41) is 10.0. The smallest absolute Gasteiger partial charge is 0.345 e. The second-order valence-electron chi connectivity index (χ2n) is 4.61. The third-order valence-corrected chi connectivity index (χ3v) is 4.17. The van der Waals surface area contributed by atoms with E-state index in [2.05, 4.69) is 9.27 Å². The SMILES string of the molecule is CCOC(=O)c1c(N)nsc1N1CCCC(CO)C1. The van der Waals surface area contributed by atoms with E-state index in [1.54, 1.807) is 6.92 Å². The van der Waals surface area contributed by atoms with Gasteiger partial charge in [0.1, 0.15) is 10.6 Å². The van der Waals surface area contributed by atoms with E-state index >= 15 is 0 Å². The third-order valence-electron chi connectivity index (χ3n) is 3.24. The minimum Gasteiger partial charge on any atom is -0.462 e. The molecule has 0 aliphatic carbocycles. The van der Waals surface area contributed by atoms with Crippen molar-refractivity contribution in [1.29, 1.82) is 0 Å². The Morgan fingerprint density at radius 1 is 1.68 bits per heavy atom. The zero-order valence-corrected chi connectivity index (χ0v) is 11.8. The van der Waals surface area contributed by atoms with Crippen molar-refractivity contribution in [1.82, 2.24) is 4.37 Å². The average Bonchev–Trinajstić information content (AvgIpc) is 2.81. The predicted molar refractivity (Wildman–Crippen MR) is 74.5 cm³/mol. The molecule has 106 valence electrons. The molecule has 1 aliphatic heterocycles. The number of esters is 1. The van der Waals surface area contributed by atoms with Gasteiger partial charge in [-0.3, -0.25) is 0 Å². The van der Waals surface area contributed by atoms with Gasteiger partial charge in [-0.1, -0.05) is 0 Å². The zero-order valence-electron chi connectivity index (χ0n) is 11.0. The van der Waals surface area contributed by atoms with Crippen LogP contribution in [0.25, 0.3) is 0 Å². The summed E-state index contributed by atoms with van der Waals surface area (Å²) in [4.78, 5) is 14.0. The number of carbonyl (C=O) groups excluding carboxylic acids is 1. The van der Waals surface area contributed by atoms with E-state index in [0.717, 1.165) is 30.9 Å². The fourth-order valence-corrected chi connectivity index (χ4v) is 3.14. The summed E-state index contributed by atoms with van der Waals surface area (Å²) in [7, 11) is 0. The lowest BCUT2D eigenvalue weighted by molar-refractivity contribution is 0.0528. The van der Waals surface area contributed by atoms with Gasteiger partial charge in [0.2, 0.25) is 0 Å². The summed E-state index contributed by atoms with van der Waals surface area (Å²) in [6, 6.07) is 0. The Labute approximate surface area is 116 Å². The molecule has 1 aromatic heterocycles. The maximum Gasteiger partial charge on any atom is 0.345 e. The molecule has 1 atom stereocenters. The maximum absolute atomic E-state index is 11.9. The number of hydrogen-bond acceptors (Lipinski definition) is 7. The van der Waals surface area contributed by atoms with Crippen LogP contribution in [-0.4, -0.2) is 41.8 Å². The quantitative estimate of drug-likeness (QED) is 0.806. The second kappa shape index (κ2) is 6.21. The summed E-state index contributed by atoms with van der Waals surface area (Å²) in [5.41, 5.74) is 6.13. The summed E-state index contributed by atoms with van der Waals surface area (Å²) < 4.78 is 9.08. The predicted octanol–water partition coefficient (Wildman–Crippen LogP) is 1.11. The molecule has 1 saturated heterocycles. The summed E-state index contributed by atoms with van der Waals surface area (Å²) in [5.74, 6) is 0.0477. The highest BCUT2D eigenvalue weighted by Gasteiger charge is 2.28. The monoisotopic (exact) mass is 285 g/mol. The van der Waals surface area contributed by atoms with Gasteiger partial charge in [0.25, 0.3) is 0 Å². The standard InChI is InChI=1S/C12H19N3O3S/c1-2-18-12(17)9-10(13)14-19-11(9)15-5-3-4-8(6-15)7-16/h8,16H,2-7H2,1H3,(H2,13,14). The van der Waals surface area contributed by atoms with E-state index in [1.165, 1.54) is 11.5 Å². The molecule has 2 heterocycles. The number of nitrogens with two attached hydrogens (primary N) is 1. The molecule has 19 heavy (non-hydrogen) atoms. The van der Waals surface area contributed by atoms with Gasteiger partial charge in [0.05, 0.1) is 6.61 Å². The molecular formula is C12H19N3O3S. The van der Waals surface area contributed by atoms with Crippen LogP contribution in [0.4, 0.5) is 10.8 Å². The fraction of sp³-hybridized carbons (Fsp3) is 0.667. The Bertz CT molecular complexity index is 449. The lowest BCUT2D eigenvalue weighted by atomic mass is 9.99. The molecule has 0 saturated carbocycles. The summed E-state index contributed by atoms with van der Waals surface area (Å²) in [6.07, 6.45) is 2.00. The van der Waals surface area contributed by atoms with E-state index in [0.29, 0.717) is 12.2 Å². The van der Waals surface area contributed by atoms with Gasteiger partial charge in [0, 0.05) is 19.7 Å². The van der Waals surface area contributed by atoms with E-state index in [1.807, 2.05) is 0 Å². The fourth-order valence-electron chi connectivity index (χ4n) is 2.30. The van der Waals surface area contributed by atoms with Crippen molar-refractivity contribution in [2.45, 2.75) is 19.8 Å². The molecule has 0 bridgehead atoms.